The van der Waals surface area contributed by atoms with Gasteiger partial charge < -0.3 is 5.11 Å². The minimum Gasteiger partial charge on any atom is -0.480 e. The summed E-state index contributed by atoms with van der Waals surface area (Å²) in [6, 6.07) is 0. The fourth-order valence-electron chi connectivity index (χ4n) is 1.85. The molecule has 0 amide bonds. The van der Waals surface area contributed by atoms with Gasteiger partial charge in [-0.1, -0.05) is 30.7 Å². The summed E-state index contributed by atoms with van der Waals surface area (Å²) in [5.74, 6) is -1.68. The molecule has 0 saturated carbocycles. The van der Waals surface area contributed by atoms with Crippen LogP contribution in [-0.2, 0) is 9.59 Å². The van der Waals surface area contributed by atoms with E-state index in [-0.39, 0.29) is 11.7 Å². The summed E-state index contributed by atoms with van der Waals surface area (Å²) >= 11 is 0. The first-order valence-corrected chi connectivity index (χ1v) is 4.53. The van der Waals surface area contributed by atoms with Gasteiger partial charge in [0.15, 0.2) is 5.78 Å². The monoisotopic (exact) mass is 194 g/mol. The van der Waals surface area contributed by atoms with Crippen molar-refractivity contribution in [2.24, 2.45) is 11.3 Å². The first-order valence-electron chi connectivity index (χ1n) is 4.53. The van der Waals surface area contributed by atoms with Crippen LogP contribution in [0.5, 0.6) is 0 Å². The Balaban J connectivity index is 3.22. The van der Waals surface area contributed by atoms with Gasteiger partial charge in [0, 0.05) is 5.92 Å². The number of carboxylic acid groups (broad SMARTS) is 1. The minimum atomic E-state index is -1.36. The zero-order valence-corrected chi connectivity index (χ0v) is 8.57. The first kappa shape index (κ1) is 10.7. The molecule has 0 bridgehead atoms. The summed E-state index contributed by atoms with van der Waals surface area (Å²) in [4.78, 5) is 22.6. The molecule has 76 valence electrons. The Morgan fingerprint density at radius 1 is 1.50 bits per heavy atom. The van der Waals surface area contributed by atoms with E-state index in [2.05, 4.69) is 0 Å². The van der Waals surface area contributed by atoms with E-state index >= 15 is 0 Å². The highest BCUT2D eigenvalue weighted by molar-refractivity contribution is 6.05. The molecule has 1 aliphatic rings. The molecule has 0 aliphatic heterocycles. The lowest BCUT2D eigenvalue weighted by molar-refractivity contribution is -0.152. The molecule has 0 saturated heterocycles. The summed E-state index contributed by atoms with van der Waals surface area (Å²) in [6.07, 6.45) is 5.00. The van der Waals surface area contributed by atoms with Gasteiger partial charge in [-0.25, -0.2) is 0 Å². The molecular weight excluding hydrogens is 180 g/mol. The van der Waals surface area contributed by atoms with Crippen molar-refractivity contribution in [1.82, 2.24) is 0 Å². The van der Waals surface area contributed by atoms with E-state index in [1.165, 1.54) is 13.0 Å². The number of aliphatic carboxylic acids is 1. The predicted molar refractivity (Wildman–Crippen MR) is 52.8 cm³/mol. The van der Waals surface area contributed by atoms with Crippen molar-refractivity contribution >= 4 is 11.8 Å². The molecule has 0 aromatic heterocycles. The van der Waals surface area contributed by atoms with Gasteiger partial charge in [0.2, 0.25) is 0 Å². The standard InChI is InChI=1S/C11H14O3/c1-7-4-5-11(9(3)12,10(13)14)8(2)6-7/h4-6,8H,1-3H3,(H,13,14). The van der Waals surface area contributed by atoms with E-state index in [1.54, 1.807) is 13.0 Å². The number of carbonyl (C=O) groups is 2. The van der Waals surface area contributed by atoms with Gasteiger partial charge in [-0.05, 0) is 13.8 Å². The van der Waals surface area contributed by atoms with Crippen molar-refractivity contribution in [2.75, 3.05) is 0 Å². The number of rotatable bonds is 2. The van der Waals surface area contributed by atoms with Gasteiger partial charge in [-0.15, -0.1) is 0 Å². The van der Waals surface area contributed by atoms with E-state index in [4.69, 9.17) is 5.11 Å². The average molecular weight is 194 g/mol. The topological polar surface area (TPSA) is 54.4 Å². The van der Waals surface area contributed by atoms with E-state index in [0.29, 0.717) is 0 Å². The third-order valence-electron chi connectivity index (χ3n) is 2.78. The molecule has 1 aliphatic carbocycles. The van der Waals surface area contributed by atoms with Crippen molar-refractivity contribution < 1.29 is 14.7 Å². The predicted octanol–water partition coefficient (Wildman–Crippen LogP) is 1.80. The number of allylic oxidation sites excluding steroid dienone is 3. The third kappa shape index (κ3) is 1.39. The normalized spacial score (nSPS) is 31.1. The van der Waals surface area contributed by atoms with Crippen LogP contribution in [0.15, 0.2) is 23.8 Å². The summed E-state index contributed by atoms with van der Waals surface area (Å²) in [5, 5.41) is 9.11. The fourth-order valence-corrected chi connectivity index (χ4v) is 1.85. The smallest absolute Gasteiger partial charge is 0.321 e. The Labute approximate surface area is 83.1 Å². The maximum absolute atomic E-state index is 11.4. The summed E-state index contributed by atoms with van der Waals surface area (Å²) in [6.45, 7) is 4.96. The van der Waals surface area contributed by atoms with Crippen LogP contribution in [0, 0.1) is 11.3 Å². The summed E-state index contributed by atoms with van der Waals surface area (Å²) in [7, 11) is 0. The maximum atomic E-state index is 11.4. The van der Waals surface area contributed by atoms with Crippen LogP contribution in [0.2, 0.25) is 0 Å². The van der Waals surface area contributed by atoms with Crippen LogP contribution in [0.3, 0.4) is 0 Å². The Bertz CT molecular complexity index is 322. The molecule has 0 aromatic carbocycles. The first-order chi connectivity index (χ1) is 6.41. The lowest BCUT2D eigenvalue weighted by Gasteiger charge is -2.30. The quantitative estimate of drug-likeness (QED) is 0.682. The van der Waals surface area contributed by atoms with Crippen molar-refractivity contribution in [3.05, 3.63) is 23.8 Å². The summed E-state index contributed by atoms with van der Waals surface area (Å²) < 4.78 is 0. The van der Waals surface area contributed by atoms with Crippen molar-refractivity contribution in [3.8, 4) is 0 Å². The lowest BCUT2D eigenvalue weighted by atomic mass is 9.70. The highest BCUT2D eigenvalue weighted by Crippen LogP contribution is 2.36. The van der Waals surface area contributed by atoms with Crippen LogP contribution < -0.4 is 0 Å². The molecule has 0 radical (unpaired) electrons. The largest absolute Gasteiger partial charge is 0.480 e. The SMILES string of the molecule is CC(=O)C1(C(=O)O)C=CC(C)=CC1C. The molecule has 0 heterocycles. The average Bonchev–Trinajstić information content (AvgIpc) is 2.02. The molecule has 0 fully saturated rings. The van der Waals surface area contributed by atoms with Crippen LogP contribution in [0.1, 0.15) is 20.8 Å². The second kappa shape index (κ2) is 3.40. The Kier molecular flexibility index (Phi) is 2.60. The van der Waals surface area contributed by atoms with Crippen molar-refractivity contribution in [2.45, 2.75) is 20.8 Å². The molecule has 1 N–H and O–H groups in total. The number of Topliss-reactive ketones (excluding diaryl/α,β-unsaturated/α-hetero) is 1. The molecule has 0 spiro atoms. The van der Waals surface area contributed by atoms with E-state index < -0.39 is 11.4 Å². The van der Waals surface area contributed by atoms with Crippen molar-refractivity contribution in [1.29, 1.82) is 0 Å². The zero-order valence-electron chi connectivity index (χ0n) is 8.57. The fraction of sp³-hybridized carbons (Fsp3) is 0.455. The third-order valence-corrected chi connectivity index (χ3v) is 2.78. The van der Waals surface area contributed by atoms with Gasteiger partial charge in [0.1, 0.15) is 5.41 Å². The van der Waals surface area contributed by atoms with Crippen LogP contribution in [0.4, 0.5) is 0 Å². The van der Waals surface area contributed by atoms with Crippen LogP contribution in [-0.4, -0.2) is 16.9 Å². The Morgan fingerprint density at radius 3 is 2.43 bits per heavy atom. The molecule has 2 atom stereocenters. The molecule has 3 nitrogen and oxygen atoms in total. The van der Waals surface area contributed by atoms with Crippen LogP contribution in [0.25, 0.3) is 0 Å². The second-order valence-corrected chi connectivity index (χ2v) is 3.76. The maximum Gasteiger partial charge on any atom is 0.321 e. The number of carboxylic acids is 1. The number of hydrogen-bond donors (Lipinski definition) is 1. The van der Waals surface area contributed by atoms with E-state index in [0.717, 1.165) is 5.57 Å². The molecular formula is C11H14O3. The van der Waals surface area contributed by atoms with Gasteiger partial charge in [0.05, 0.1) is 0 Å². The highest BCUT2D eigenvalue weighted by Gasteiger charge is 2.46. The zero-order chi connectivity index (χ0) is 10.9. The van der Waals surface area contributed by atoms with Gasteiger partial charge >= 0.3 is 5.97 Å². The van der Waals surface area contributed by atoms with Gasteiger partial charge in [-0.3, -0.25) is 9.59 Å². The van der Waals surface area contributed by atoms with E-state index in [9.17, 15) is 9.59 Å². The van der Waals surface area contributed by atoms with Gasteiger partial charge in [-0.2, -0.15) is 0 Å². The van der Waals surface area contributed by atoms with Crippen LogP contribution >= 0.6 is 0 Å². The summed E-state index contributed by atoms with van der Waals surface area (Å²) in [5.41, 5.74) is -0.366. The Hall–Kier alpha value is -1.38. The lowest BCUT2D eigenvalue weighted by Crippen LogP contribution is -2.42. The molecule has 14 heavy (non-hydrogen) atoms. The number of carbonyl (C=O) groups excluding carboxylic acids is 1. The highest BCUT2D eigenvalue weighted by atomic mass is 16.4. The number of ketones is 1. The molecule has 3 heteroatoms. The van der Waals surface area contributed by atoms with Crippen molar-refractivity contribution in [3.63, 3.8) is 0 Å². The minimum absolute atomic E-state index is 0.289. The second-order valence-electron chi connectivity index (χ2n) is 3.76. The molecule has 0 aromatic rings. The van der Waals surface area contributed by atoms with E-state index in [1.807, 2.05) is 13.0 Å². The molecule has 1 rings (SSSR count). The molecule has 2 unspecified atom stereocenters. The number of hydrogen-bond acceptors (Lipinski definition) is 2. The Morgan fingerprint density at radius 2 is 2.07 bits per heavy atom. The van der Waals surface area contributed by atoms with Gasteiger partial charge in [0.25, 0.3) is 0 Å².